The van der Waals surface area contributed by atoms with Crippen LogP contribution in [-0.2, 0) is 13.0 Å². The Kier molecular flexibility index (Phi) is 5.34. The van der Waals surface area contributed by atoms with E-state index in [0.29, 0.717) is 22.5 Å². The van der Waals surface area contributed by atoms with Gasteiger partial charge in [-0.15, -0.1) is 0 Å². The standard InChI is InChI=1S/C20H19BrN2O2/c1-14-18(21)20(24)23(12-11-15-7-4-3-5-8-15)19(22-14)16-9-6-10-17(13-16)25-2/h3-10,13H,11-12H2,1-2H3. The molecule has 1 heterocycles. The highest BCUT2D eigenvalue weighted by molar-refractivity contribution is 9.10. The van der Waals surface area contributed by atoms with E-state index in [1.807, 2.05) is 49.4 Å². The maximum absolute atomic E-state index is 12.8. The van der Waals surface area contributed by atoms with Crippen molar-refractivity contribution in [1.82, 2.24) is 9.55 Å². The number of hydrogen-bond acceptors (Lipinski definition) is 3. The molecular weight excluding hydrogens is 380 g/mol. The SMILES string of the molecule is COc1cccc(-c2nc(C)c(Br)c(=O)n2CCc2ccccc2)c1. The predicted molar refractivity (Wildman–Crippen MR) is 103 cm³/mol. The third-order valence-corrected chi connectivity index (χ3v) is 4.99. The second kappa shape index (κ2) is 7.66. The molecule has 0 unspecified atom stereocenters. The molecule has 25 heavy (non-hydrogen) atoms. The summed E-state index contributed by atoms with van der Waals surface area (Å²) >= 11 is 3.37. The summed E-state index contributed by atoms with van der Waals surface area (Å²) in [7, 11) is 1.63. The zero-order valence-electron chi connectivity index (χ0n) is 14.2. The van der Waals surface area contributed by atoms with E-state index in [0.717, 1.165) is 17.7 Å². The Morgan fingerprint density at radius 2 is 1.88 bits per heavy atom. The molecule has 0 bridgehead atoms. The molecule has 0 amide bonds. The first kappa shape index (κ1) is 17.4. The maximum Gasteiger partial charge on any atom is 0.268 e. The second-order valence-corrected chi connectivity index (χ2v) is 6.55. The molecule has 0 radical (unpaired) electrons. The third kappa shape index (κ3) is 3.82. The molecule has 0 N–H and O–H groups in total. The van der Waals surface area contributed by atoms with Crippen LogP contribution in [0, 0.1) is 6.92 Å². The van der Waals surface area contributed by atoms with Crippen LogP contribution in [0.15, 0.2) is 63.9 Å². The van der Waals surface area contributed by atoms with Gasteiger partial charge in [-0.25, -0.2) is 4.98 Å². The molecule has 2 aromatic carbocycles. The number of rotatable bonds is 5. The monoisotopic (exact) mass is 398 g/mol. The molecule has 0 aliphatic rings. The minimum absolute atomic E-state index is 0.0683. The number of benzene rings is 2. The second-order valence-electron chi connectivity index (χ2n) is 5.76. The molecule has 0 fully saturated rings. The van der Waals surface area contributed by atoms with Crippen LogP contribution >= 0.6 is 15.9 Å². The lowest BCUT2D eigenvalue weighted by atomic mass is 10.1. The molecule has 3 rings (SSSR count). The number of ether oxygens (including phenoxy) is 1. The molecular formula is C20H19BrN2O2. The Bertz CT molecular complexity index is 936. The zero-order valence-corrected chi connectivity index (χ0v) is 15.8. The molecule has 0 saturated heterocycles. The van der Waals surface area contributed by atoms with E-state index in [9.17, 15) is 4.79 Å². The molecule has 4 nitrogen and oxygen atoms in total. The lowest BCUT2D eigenvalue weighted by Crippen LogP contribution is -2.26. The van der Waals surface area contributed by atoms with Crippen molar-refractivity contribution in [3.05, 3.63) is 80.7 Å². The maximum atomic E-state index is 12.8. The van der Waals surface area contributed by atoms with E-state index < -0.39 is 0 Å². The fraction of sp³-hybridized carbons (Fsp3) is 0.200. The van der Waals surface area contributed by atoms with E-state index in [1.165, 1.54) is 5.56 Å². The van der Waals surface area contributed by atoms with Crippen LogP contribution in [-0.4, -0.2) is 16.7 Å². The van der Waals surface area contributed by atoms with E-state index in [2.05, 4.69) is 33.0 Å². The molecule has 0 aliphatic heterocycles. The molecule has 128 valence electrons. The molecule has 5 heteroatoms. The van der Waals surface area contributed by atoms with E-state index in [-0.39, 0.29) is 5.56 Å². The van der Waals surface area contributed by atoms with Crippen LogP contribution in [0.1, 0.15) is 11.3 Å². The lowest BCUT2D eigenvalue weighted by Gasteiger charge is -2.15. The average Bonchev–Trinajstić information content (AvgIpc) is 2.66. The summed E-state index contributed by atoms with van der Waals surface area (Å²) in [6.07, 6.45) is 0.759. The van der Waals surface area contributed by atoms with Crippen LogP contribution in [0.3, 0.4) is 0 Å². The van der Waals surface area contributed by atoms with Gasteiger partial charge in [0.2, 0.25) is 0 Å². The van der Waals surface area contributed by atoms with Gasteiger partial charge in [0.15, 0.2) is 0 Å². The van der Waals surface area contributed by atoms with Crippen LogP contribution < -0.4 is 10.3 Å². The number of aryl methyl sites for hydroxylation is 2. The van der Waals surface area contributed by atoms with Gasteiger partial charge in [0.1, 0.15) is 16.0 Å². The first-order chi connectivity index (χ1) is 12.1. The van der Waals surface area contributed by atoms with Crippen molar-refractivity contribution < 1.29 is 4.74 Å². The number of halogens is 1. The van der Waals surface area contributed by atoms with E-state index >= 15 is 0 Å². The lowest BCUT2D eigenvalue weighted by molar-refractivity contribution is 0.415. The van der Waals surface area contributed by atoms with E-state index in [1.54, 1.807) is 11.7 Å². The molecule has 0 spiro atoms. The summed E-state index contributed by atoms with van der Waals surface area (Å²) in [4.78, 5) is 17.5. The number of aromatic nitrogens is 2. The van der Waals surface area contributed by atoms with Gasteiger partial charge < -0.3 is 4.74 Å². The fourth-order valence-electron chi connectivity index (χ4n) is 2.71. The highest BCUT2D eigenvalue weighted by atomic mass is 79.9. The molecule has 0 atom stereocenters. The topological polar surface area (TPSA) is 44.1 Å². The average molecular weight is 399 g/mol. The van der Waals surface area contributed by atoms with Gasteiger partial charge in [-0.2, -0.15) is 0 Å². The van der Waals surface area contributed by atoms with Crippen LogP contribution in [0.25, 0.3) is 11.4 Å². The Balaban J connectivity index is 2.06. The van der Waals surface area contributed by atoms with E-state index in [4.69, 9.17) is 4.74 Å². The smallest absolute Gasteiger partial charge is 0.268 e. The van der Waals surface area contributed by atoms with Crippen LogP contribution in [0.5, 0.6) is 5.75 Å². The summed E-state index contributed by atoms with van der Waals surface area (Å²) in [6, 6.07) is 17.7. The van der Waals surface area contributed by atoms with Gasteiger partial charge >= 0.3 is 0 Å². The highest BCUT2D eigenvalue weighted by Gasteiger charge is 2.14. The molecule has 0 saturated carbocycles. The Morgan fingerprint density at radius 3 is 2.60 bits per heavy atom. The quantitative estimate of drug-likeness (QED) is 0.645. The molecule has 0 aliphatic carbocycles. The minimum Gasteiger partial charge on any atom is -0.497 e. The molecule has 3 aromatic rings. The van der Waals surface area contributed by atoms with Crippen molar-refractivity contribution in [2.24, 2.45) is 0 Å². The Hall–Kier alpha value is -2.40. The third-order valence-electron chi connectivity index (χ3n) is 4.07. The van der Waals surface area contributed by atoms with Gasteiger partial charge in [-0.3, -0.25) is 9.36 Å². The van der Waals surface area contributed by atoms with Crippen molar-refractivity contribution in [1.29, 1.82) is 0 Å². The summed E-state index contributed by atoms with van der Waals surface area (Å²) in [6.45, 7) is 2.39. The van der Waals surface area contributed by atoms with Crippen molar-refractivity contribution >= 4 is 15.9 Å². The fourth-order valence-corrected chi connectivity index (χ4v) is 3.02. The van der Waals surface area contributed by atoms with Crippen molar-refractivity contribution in [3.63, 3.8) is 0 Å². The van der Waals surface area contributed by atoms with Gasteiger partial charge in [-0.05, 0) is 47.0 Å². The minimum atomic E-state index is -0.0683. The number of nitrogens with zero attached hydrogens (tertiary/aromatic N) is 2. The Labute approximate surface area is 155 Å². The van der Waals surface area contributed by atoms with Crippen molar-refractivity contribution in [3.8, 4) is 17.1 Å². The van der Waals surface area contributed by atoms with Gasteiger partial charge in [0.05, 0.1) is 12.8 Å². The predicted octanol–water partition coefficient (Wildman–Crippen LogP) is 4.23. The summed E-state index contributed by atoms with van der Waals surface area (Å²) in [5.41, 5.74) is 2.66. The highest BCUT2D eigenvalue weighted by Crippen LogP contribution is 2.23. The van der Waals surface area contributed by atoms with Gasteiger partial charge in [0.25, 0.3) is 5.56 Å². The van der Waals surface area contributed by atoms with Crippen LogP contribution in [0.4, 0.5) is 0 Å². The molecule has 1 aromatic heterocycles. The normalized spacial score (nSPS) is 10.7. The van der Waals surface area contributed by atoms with Gasteiger partial charge in [0, 0.05) is 12.1 Å². The van der Waals surface area contributed by atoms with Gasteiger partial charge in [-0.1, -0.05) is 42.5 Å². The number of hydrogen-bond donors (Lipinski definition) is 0. The summed E-state index contributed by atoms with van der Waals surface area (Å²) in [5.74, 6) is 1.39. The number of methoxy groups -OCH3 is 1. The zero-order chi connectivity index (χ0) is 17.8. The largest absolute Gasteiger partial charge is 0.497 e. The van der Waals surface area contributed by atoms with Crippen molar-refractivity contribution in [2.75, 3.05) is 7.11 Å². The van der Waals surface area contributed by atoms with Crippen molar-refractivity contribution in [2.45, 2.75) is 19.9 Å². The first-order valence-electron chi connectivity index (χ1n) is 8.05. The Morgan fingerprint density at radius 1 is 1.12 bits per heavy atom. The summed E-state index contributed by atoms with van der Waals surface area (Å²) < 4.78 is 7.53. The summed E-state index contributed by atoms with van der Waals surface area (Å²) in [5, 5.41) is 0. The van der Waals surface area contributed by atoms with Crippen LogP contribution in [0.2, 0.25) is 0 Å². The first-order valence-corrected chi connectivity index (χ1v) is 8.84.